The van der Waals surface area contributed by atoms with E-state index in [9.17, 15) is 12.8 Å². The first kappa shape index (κ1) is 15.2. The van der Waals surface area contributed by atoms with Crippen LogP contribution in [0.5, 0.6) is 0 Å². The highest BCUT2D eigenvalue weighted by Crippen LogP contribution is 2.48. The van der Waals surface area contributed by atoms with Crippen LogP contribution in [0.15, 0.2) is 23.1 Å². The highest BCUT2D eigenvalue weighted by Gasteiger charge is 2.42. The lowest BCUT2D eigenvalue weighted by atomic mass is 10.0. The molecule has 112 valence electrons. The first-order valence-electron chi connectivity index (χ1n) is 6.42. The van der Waals surface area contributed by atoms with Crippen LogP contribution in [0.1, 0.15) is 19.3 Å². The summed E-state index contributed by atoms with van der Waals surface area (Å²) in [6.45, 7) is 0.961. The molecule has 0 amide bonds. The van der Waals surface area contributed by atoms with Crippen molar-refractivity contribution in [2.75, 3.05) is 26.0 Å². The SMILES string of the molecule is COCCC1(CNS(=O)(=O)c2ccc(N)c(F)c2)CC1. The molecular weight excluding hydrogens is 283 g/mol. The third-order valence-electron chi connectivity index (χ3n) is 3.71. The fourth-order valence-corrected chi connectivity index (χ4v) is 3.19. The maximum atomic E-state index is 13.3. The number of sulfonamides is 1. The zero-order chi connectivity index (χ0) is 14.8. The average Bonchev–Trinajstić information content (AvgIpc) is 3.18. The van der Waals surface area contributed by atoms with E-state index in [-0.39, 0.29) is 16.0 Å². The van der Waals surface area contributed by atoms with Gasteiger partial charge in [0.05, 0.1) is 10.6 Å². The number of nitrogens with two attached hydrogens (primary N) is 1. The summed E-state index contributed by atoms with van der Waals surface area (Å²) in [6.07, 6.45) is 2.78. The largest absolute Gasteiger partial charge is 0.396 e. The van der Waals surface area contributed by atoms with Gasteiger partial charge in [0, 0.05) is 20.3 Å². The van der Waals surface area contributed by atoms with Crippen LogP contribution in [0.2, 0.25) is 0 Å². The number of methoxy groups -OCH3 is 1. The van der Waals surface area contributed by atoms with Crippen molar-refractivity contribution >= 4 is 15.7 Å². The second kappa shape index (κ2) is 5.67. The van der Waals surface area contributed by atoms with Crippen molar-refractivity contribution in [2.24, 2.45) is 5.41 Å². The molecule has 7 heteroatoms. The third-order valence-corrected chi connectivity index (χ3v) is 5.11. The summed E-state index contributed by atoms with van der Waals surface area (Å²) >= 11 is 0. The molecule has 20 heavy (non-hydrogen) atoms. The maximum absolute atomic E-state index is 13.3. The molecule has 0 radical (unpaired) electrons. The van der Waals surface area contributed by atoms with Crippen molar-refractivity contribution in [1.82, 2.24) is 4.72 Å². The predicted molar refractivity (Wildman–Crippen MR) is 74.2 cm³/mol. The van der Waals surface area contributed by atoms with Gasteiger partial charge in [-0.15, -0.1) is 0 Å². The Morgan fingerprint density at radius 2 is 2.15 bits per heavy atom. The van der Waals surface area contributed by atoms with Crippen molar-refractivity contribution < 1.29 is 17.5 Å². The number of anilines is 1. The molecule has 1 aromatic carbocycles. The van der Waals surface area contributed by atoms with E-state index in [0.717, 1.165) is 25.3 Å². The van der Waals surface area contributed by atoms with Crippen molar-refractivity contribution in [3.8, 4) is 0 Å². The van der Waals surface area contributed by atoms with Gasteiger partial charge in [-0.2, -0.15) is 0 Å². The highest BCUT2D eigenvalue weighted by atomic mass is 32.2. The van der Waals surface area contributed by atoms with Crippen LogP contribution in [0.4, 0.5) is 10.1 Å². The fraction of sp³-hybridized carbons (Fsp3) is 0.538. The summed E-state index contributed by atoms with van der Waals surface area (Å²) in [6, 6.07) is 3.49. The Kier molecular flexibility index (Phi) is 4.31. The molecule has 2 rings (SSSR count). The molecule has 0 atom stereocenters. The van der Waals surface area contributed by atoms with Gasteiger partial charge in [-0.1, -0.05) is 0 Å². The van der Waals surface area contributed by atoms with E-state index in [1.54, 1.807) is 7.11 Å². The topological polar surface area (TPSA) is 81.4 Å². The zero-order valence-corrected chi connectivity index (χ0v) is 12.2. The number of nitrogens with one attached hydrogen (secondary N) is 1. The number of benzene rings is 1. The van der Waals surface area contributed by atoms with Crippen LogP contribution in [0.3, 0.4) is 0 Å². The van der Waals surface area contributed by atoms with Crippen molar-refractivity contribution in [1.29, 1.82) is 0 Å². The summed E-state index contributed by atoms with van der Waals surface area (Å²) in [5.41, 5.74) is 5.26. The van der Waals surface area contributed by atoms with Gasteiger partial charge < -0.3 is 10.5 Å². The lowest BCUT2D eigenvalue weighted by Crippen LogP contribution is -2.31. The lowest BCUT2D eigenvalue weighted by molar-refractivity contribution is 0.173. The predicted octanol–water partition coefficient (Wildman–Crippen LogP) is 1.50. The minimum Gasteiger partial charge on any atom is -0.396 e. The standard InChI is InChI=1S/C13H19FN2O3S/c1-19-7-6-13(4-5-13)9-16-20(17,18)10-2-3-12(15)11(14)8-10/h2-3,8,16H,4-7,9,15H2,1H3. The Morgan fingerprint density at radius 3 is 2.70 bits per heavy atom. The smallest absolute Gasteiger partial charge is 0.240 e. The van der Waals surface area contributed by atoms with E-state index in [2.05, 4.69) is 4.72 Å². The first-order valence-corrected chi connectivity index (χ1v) is 7.91. The van der Waals surface area contributed by atoms with Gasteiger partial charge >= 0.3 is 0 Å². The molecule has 1 aromatic rings. The van der Waals surface area contributed by atoms with Crippen LogP contribution in [-0.4, -0.2) is 28.7 Å². The molecule has 0 aromatic heterocycles. The number of hydrogen-bond acceptors (Lipinski definition) is 4. The Hall–Kier alpha value is -1.18. The van der Waals surface area contributed by atoms with Gasteiger partial charge in [0.1, 0.15) is 5.82 Å². The molecule has 0 heterocycles. The maximum Gasteiger partial charge on any atom is 0.240 e. The zero-order valence-electron chi connectivity index (χ0n) is 11.4. The first-order chi connectivity index (χ1) is 9.38. The molecule has 5 nitrogen and oxygen atoms in total. The molecule has 3 N–H and O–H groups in total. The Balaban J connectivity index is 2.02. The highest BCUT2D eigenvalue weighted by molar-refractivity contribution is 7.89. The van der Waals surface area contributed by atoms with E-state index < -0.39 is 15.8 Å². The molecule has 0 spiro atoms. The summed E-state index contributed by atoms with van der Waals surface area (Å²) < 4.78 is 45.1. The van der Waals surface area contributed by atoms with Gasteiger partial charge in [0.25, 0.3) is 0 Å². The lowest BCUT2D eigenvalue weighted by Gasteiger charge is -2.15. The van der Waals surface area contributed by atoms with E-state index in [0.29, 0.717) is 13.2 Å². The molecule has 0 saturated heterocycles. The summed E-state index contributed by atoms with van der Waals surface area (Å²) in [7, 11) is -2.08. The van der Waals surface area contributed by atoms with Crippen molar-refractivity contribution in [3.05, 3.63) is 24.0 Å². The molecular formula is C13H19FN2O3S. The van der Waals surface area contributed by atoms with Crippen LogP contribution in [0, 0.1) is 11.2 Å². The van der Waals surface area contributed by atoms with Gasteiger partial charge in [-0.3, -0.25) is 0 Å². The van der Waals surface area contributed by atoms with Crippen molar-refractivity contribution in [2.45, 2.75) is 24.2 Å². The second-order valence-corrected chi connectivity index (χ2v) is 7.02. The minimum atomic E-state index is -3.70. The van der Waals surface area contributed by atoms with Gasteiger partial charge in [-0.05, 0) is 42.9 Å². The van der Waals surface area contributed by atoms with E-state index in [4.69, 9.17) is 10.5 Å². The van der Waals surface area contributed by atoms with Crippen LogP contribution < -0.4 is 10.5 Å². The Bertz CT molecular complexity index is 585. The quantitative estimate of drug-likeness (QED) is 0.748. The van der Waals surface area contributed by atoms with Crippen molar-refractivity contribution in [3.63, 3.8) is 0 Å². The van der Waals surface area contributed by atoms with Crippen LogP contribution in [-0.2, 0) is 14.8 Å². The summed E-state index contributed by atoms with van der Waals surface area (Å²) in [5.74, 6) is -0.728. The van der Waals surface area contributed by atoms with Crippen LogP contribution in [0.25, 0.3) is 0 Å². The molecule has 1 fully saturated rings. The Labute approximate surface area is 118 Å². The number of ether oxygens (including phenoxy) is 1. The van der Waals surface area contributed by atoms with E-state index in [1.807, 2.05) is 0 Å². The molecule has 0 unspecified atom stereocenters. The molecule has 1 aliphatic rings. The van der Waals surface area contributed by atoms with E-state index in [1.165, 1.54) is 12.1 Å². The number of halogens is 1. The van der Waals surface area contributed by atoms with Gasteiger partial charge in [0.15, 0.2) is 0 Å². The molecule has 0 bridgehead atoms. The second-order valence-electron chi connectivity index (χ2n) is 5.25. The van der Waals surface area contributed by atoms with Gasteiger partial charge in [-0.25, -0.2) is 17.5 Å². The molecule has 1 aliphatic carbocycles. The Morgan fingerprint density at radius 1 is 1.45 bits per heavy atom. The third kappa shape index (κ3) is 3.47. The number of rotatable bonds is 7. The fourth-order valence-electron chi connectivity index (χ4n) is 2.02. The molecule has 0 aliphatic heterocycles. The molecule has 1 saturated carbocycles. The minimum absolute atomic E-state index is 0.00453. The van der Waals surface area contributed by atoms with Crippen LogP contribution >= 0.6 is 0 Å². The monoisotopic (exact) mass is 302 g/mol. The van der Waals surface area contributed by atoms with E-state index >= 15 is 0 Å². The summed E-state index contributed by atoms with van der Waals surface area (Å²) in [4.78, 5) is -0.105. The normalized spacial score (nSPS) is 17.1. The average molecular weight is 302 g/mol. The summed E-state index contributed by atoms with van der Waals surface area (Å²) in [5, 5.41) is 0. The number of nitrogen functional groups attached to an aromatic ring is 1. The number of hydrogen-bond donors (Lipinski definition) is 2. The van der Waals surface area contributed by atoms with Gasteiger partial charge in [0.2, 0.25) is 10.0 Å².